The number of aliphatic hydroxyl groups is 1. The Bertz CT molecular complexity index is 346. The van der Waals surface area contributed by atoms with Crippen LogP contribution in [0.1, 0.15) is 37.0 Å². The van der Waals surface area contributed by atoms with E-state index in [2.05, 4.69) is 13.8 Å². The Kier molecular flexibility index (Phi) is 6.44. The molecule has 0 heterocycles. The lowest BCUT2D eigenvalue weighted by Gasteiger charge is -2.19. The molecule has 0 aliphatic carbocycles. The molecule has 3 heteroatoms. The summed E-state index contributed by atoms with van der Waals surface area (Å²) in [5.41, 5.74) is 0.584. The summed E-state index contributed by atoms with van der Waals surface area (Å²) in [6, 6.07) is 9.00. The van der Waals surface area contributed by atoms with Crippen LogP contribution in [-0.2, 0) is 4.74 Å². The quantitative estimate of drug-likeness (QED) is 0.757. The SMILES string of the molecule is CC(C)[C@H](CCO)CCOC(=O)c1ccccc1. The van der Waals surface area contributed by atoms with E-state index < -0.39 is 0 Å². The van der Waals surface area contributed by atoms with E-state index in [1.165, 1.54) is 0 Å². The minimum atomic E-state index is -0.276. The van der Waals surface area contributed by atoms with Crippen LogP contribution in [0, 0.1) is 11.8 Å². The Morgan fingerprint density at radius 1 is 1.22 bits per heavy atom. The van der Waals surface area contributed by atoms with Crippen LogP contribution in [0.3, 0.4) is 0 Å². The molecule has 0 bridgehead atoms. The molecule has 0 radical (unpaired) electrons. The summed E-state index contributed by atoms with van der Waals surface area (Å²) >= 11 is 0. The van der Waals surface area contributed by atoms with Crippen molar-refractivity contribution in [3.05, 3.63) is 35.9 Å². The molecule has 3 nitrogen and oxygen atoms in total. The molecule has 0 aromatic heterocycles. The summed E-state index contributed by atoms with van der Waals surface area (Å²) in [6.07, 6.45) is 1.57. The third-order valence-electron chi connectivity index (χ3n) is 3.17. The number of carbonyl (C=O) groups is 1. The topological polar surface area (TPSA) is 46.5 Å². The molecule has 1 N–H and O–H groups in total. The maximum atomic E-state index is 11.7. The average molecular weight is 250 g/mol. The van der Waals surface area contributed by atoms with Crippen LogP contribution < -0.4 is 0 Å². The van der Waals surface area contributed by atoms with Gasteiger partial charge in [-0.05, 0) is 36.8 Å². The van der Waals surface area contributed by atoms with Gasteiger partial charge in [-0.3, -0.25) is 0 Å². The van der Waals surface area contributed by atoms with Crippen LogP contribution in [0.5, 0.6) is 0 Å². The summed E-state index contributed by atoms with van der Waals surface area (Å²) < 4.78 is 5.23. The number of aliphatic hydroxyl groups excluding tert-OH is 1. The number of esters is 1. The van der Waals surface area contributed by atoms with Crippen molar-refractivity contribution < 1.29 is 14.6 Å². The molecule has 1 atom stereocenters. The highest BCUT2D eigenvalue weighted by Crippen LogP contribution is 2.19. The Balaban J connectivity index is 2.35. The molecule has 0 aliphatic rings. The van der Waals surface area contributed by atoms with E-state index in [1.807, 2.05) is 18.2 Å². The van der Waals surface area contributed by atoms with E-state index in [-0.39, 0.29) is 12.6 Å². The van der Waals surface area contributed by atoms with Crippen LogP contribution in [0.25, 0.3) is 0 Å². The summed E-state index contributed by atoms with van der Waals surface area (Å²) in [6.45, 7) is 4.85. The lowest BCUT2D eigenvalue weighted by molar-refractivity contribution is 0.0465. The molecule has 0 saturated carbocycles. The van der Waals surface area contributed by atoms with Gasteiger partial charge in [0.2, 0.25) is 0 Å². The molecule has 100 valence electrons. The van der Waals surface area contributed by atoms with Crippen molar-refractivity contribution in [3.8, 4) is 0 Å². The molecule has 0 spiro atoms. The maximum Gasteiger partial charge on any atom is 0.338 e. The van der Waals surface area contributed by atoms with Crippen molar-refractivity contribution >= 4 is 5.97 Å². The van der Waals surface area contributed by atoms with Crippen LogP contribution in [0.15, 0.2) is 30.3 Å². The fraction of sp³-hybridized carbons (Fsp3) is 0.533. The zero-order valence-corrected chi connectivity index (χ0v) is 11.1. The minimum Gasteiger partial charge on any atom is -0.462 e. The molecule has 0 saturated heterocycles. The largest absolute Gasteiger partial charge is 0.462 e. The van der Waals surface area contributed by atoms with Gasteiger partial charge in [0.25, 0.3) is 0 Å². The van der Waals surface area contributed by atoms with Gasteiger partial charge in [-0.15, -0.1) is 0 Å². The van der Waals surface area contributed by atoms with Gasteiger partial charge in [0.1, 0.15) is 0 Å². The molecule has 1 aromatic rings. The van der Waals surface area contributed by atoms with Gasteiger partial charge < -0.3 is 9.84 Å². The average Bonchev–Trinajstić information content (AvgIpc) is 2.38. The van der Waals surface area contributed by atoms with E-state index in [1.54, 1.807) is 12.1 Å². The lowest BCUT2D eigenvalue weighted by atomic mass is 9.90. The first-order chi connectivity index (χ1) is 8.65. The lowest BCUT2D eigenvalue weighted by Crippen LogP contribution is -2.15. The van der Waals surface area contributed by atoms with E-state index in [0.717, 1.165) is 12.8 Å². The first kappa shape index (κ1) is 14.7. The third kappa shape index (κ3) is 4.88. The second-order valence-electron chi connectivity index (χ2n) is 4.81. The highest BCUT2D eigenvalue weighted by Gasteiger charge is 2.14. The molecular formula is C15H22O3. The fourth-order valence-corrected chi connectivity index (χ4v) is 1.94. The van der Waals surface area contributed by atoms with E-state index >= 15 is 0 Å². The Hall–Kier alpha value is -1.35. The van der Waals surface area contributed by atoms with Crippen molar-refractivity contribution in [3.63, 3.8) is 0 Å². The zero-order valence-electron chi connectivity index (χ0n) is 11.1. The first-order valence-corrected chi connectivity index (χ1v) is 6.48. The molecule has 1 rings (SSSR count). The molecular weight excluding hydrogens is 228 g/mol. The smallest absolute Gasteiger partial charge is 0.338 e. The summed E-state index contributed by atoms with van der Waals surface area (Å²) in [7, 11) is 0. The highest BCUT2D eigenvalue weighted by molar-refractivity contribution is 5.89. The van der Waals surface area contributed by atoms with Crippen LogP contribution in [0.2, 0.25) is 0 Å². The predicted octanol–water partition coefficient (Wildman–Crippen LogP) is 2.89. The van der Waals surface area contributed by atoms with Crippen LogP contribution in [0.4, 0.5) is 0 Å². The van der Waals surface area contributed by atoms with Crippen molar-refractivity contribution in [2.45, 2.75) is 26.7 Å². The molecule has 0 amide bonds. The standard InChI is InChI=1S/C15H22O3/c1-12(2)13(8-10-16)9-11-18-15(17)14-6-4-3-5-7-14/h3-7,12-13,16H,8-11H2,1-2H3/t13-/m1/s1. The number of ether oxygens (including phenoxy) is 1. The van der Waals surface area contributed by atoms with Gasteiger partial charge in [-0.1, -0.05) is 32.0 Å². The van der Waals surface area contributed by atoms with Crippen LogP contribution >= 0.6 is 0 Å². The van der Waals surface area contributed by atoms with Gasteiger partial charge in [0.05, 0.1) is 12.2 Å². The van der Waals surface area contributed by atoms with Gasteiger partial charge in [0, 0.05) is 6.61 Å². The Morgan fingerprint density at radius 2 is 1.89 bits per heavy atom. The summed E-state index contributed by atoms with van der Waals surface area (Å²) in [4.78, 5) is 11.7. The summed E-state index contributed by atoms with van der Waals surface area (Å²) in [5.74, 6) is 0.619. The monoisotopic (exact) mass is 250 g/mol. The van der Waals surface area contributed by atoms with Gasteiger partial charge >= 0.3 is 5.97 Å². The maximum absolute atomic E-state index is 11.7. The van der Waals surface area contributed by atoms with Crippen molar-refractivity contribution in [1.29, 1.82) is 0 Å². The number of hydrogen-bond acceptors (Lipinski definition) is 3. The molecule has 0 aliphatic heterocycles. The van der Waals surface area contributed by atoms with Crippen LogP contribution in [-0.4, -0.2) is 24.3 Å². The fourth-order valence-electron chi connectivity index (χ4n) is 1.94. The van der Waals surface area contributed by atoms with E-state index in [0.29, 0.717) is 24.0 Å². The highest BCUT2D eigenvalue weighted by atomic mass is 16.5. The van der Waals surface area contributed by atoms with E-state index in [4.69, 9.17) is 9.84 Å². The Morgan fingerprint density at radius 3 is 2.44 bits per heavy atom. The van der Waals surface area contributed by atoms with Crippen molar-refractivity contribution in [2.24, 2.45) is 11.8 Å². The van der Waals surface area contributed by atoms with Crippen molar-refractivity contribution in [2.75, 3.05) is 13.2 Å². The molecule has 1 aromatic carbocycles. The zero-order chi connectivity index (χ0) is 13.4. The number of hydrogen-bond donors (Lipinski definition) is 1. The predicted molar refractivity (Wildman–Crippen MR) is 71.4 cm³/mol. The molecule has 18 heavy (non-hydrogen) atoms. The Labute approximate surface area is 109 Å². The second kappa shape index (κ2) is 7.88. The molecule has 0 fully saturated rings. The first-order valence-electron chi connectivity index (χ1n) is 6.48. The van der Waals surface area contributed by atoms with Gasteiger partial charge in [0.15, 0.2) is 0 Å². The number of rotatable bonds is 7. The third-order valence-corrected chi connectivity index (χ3v) is 3.17. The number of carbonyl (C=O) groups excluding carboxylic acids is 1. The van der Waals surface area contributed by atoms with E-state index in [9.17, 15) is 4.79 Å². The summed E-state index contributed by atoms with van der Waals surface area (Å²) in [5, 5.41) is 8.96. The molecule has 0 unspecified atom stereocenters. The van der Waals surface area contributed by atoms with Gasteiger partial charge in [-0.25, -0.2) is 4.79 Å². The minimum absolute atomic E-state index is 0.190. The van der Waals surface area contributed by atoms with Crippen molar-refractivity contribution in [1.82, 2.24) is 0 Å². The van der Waals surface area contributed by atoms with Gasteiger partial charge in [-0.2, -0.15) is 0 Å². The number of benzene rings is 1. The normalized spacial score (nSPS) is 12.4. The second-order valence-corrected chi connectivity index (χ2v) is 4.81.